The van der Waals surface area contributed by atoms with Crippen LogP contribution in [0.15, 0.2) is 0 Å². The zero-order valence-electron chi connectivity index (χ0n) is 11.2. The summed E-state index contributed by atoms with van der Waals surface area (Å²) in [4.78, 5) is 12.2. The molecular formula is C12H22N2O4S. The molecule has 3 atom stereocenters. The Bertz CT molecular complexity index is 423. The quantitative estimate of drug-likeness (QED) is 0.715. The fourth-order valence-corrected chi connectivity index (χ4v) is 4.36. The first-order chi connectivity index (χ1) is 9.02. The smallest absolute Gasteiger partial charge is 0.227 e. The number of likely N-dealkylation sites (N-methyl/N-ethyl adjacent to an activating group) is 1. The third-order valence-corrected chi connectivity index (χ3v) is 5.51. The summed E-state index contributed by atoms with van der Waals surface area (Å²) in [7, 11) is -2.99. The van der Waals surface area contributed by atoms with Crippen molar-refractivity contribution in [2.75, 3.05) is 31.3 Å². The molecule has 110 valence electrons. The molecule has 3 unspecified atom stereocenters. The maximum absolute atomic E-state index is 12.2. The molecule has 0 aromatic carbocycles. The molecule has 2 rings (SSSR count). The standard InChI is InChI=1S/C12H22N2O4S/c1-2-13-11-7-18-6-10(11)12(15)14-9-4-3-5-19(16,17)8-9/h9-11,13H,2-8H2,1H3,(H,14,15). The molecule has 0 aromatic rings. The van der Waals surface area contributed by atoms with E-state index in [1.54, 1.807) is 0 Å². The van der Waals surface area contributed by atoms with E-state index in [1.807, 2.05) is 6.92 Å². The molecule has 0 aromatic heterocycles. The minimum atomic E-state index is -2.99. The summed E-state index contributed by atoms with van der Waals surface area (Å²) in [5.74, 6) is -0.000426. The zero-order chi connectivity index (χ0) is 13.9. The Balaban J connectivity index is 1.90. The van der Waals surface area contributed by atoms with E-state index >= 15 is 0 Å². The molecule has 0 bridgehead atoms. The molecule has 2 aliphatic rings. The van der Waals surface area contributed by atoms with Crippen molar-refractivity contribution in [1.29, 1.82) is 0 Å². The van der Waals surface area contributed by atoms with Gasteiger partial charge in [-0.05, 0) is 19.4 Å². The lowest BCUT2D eigenvalue weighted by molar-refractivity contribution is -0.126. The number of amides is 1. The second kappa shape index (κ2) is 6.19. The van der Waals surface area contributed by atoms with Crippen molar-refractivity contribution in [3.05, 3.63) is 0 Å². The maximum atomic E-state index is 12.2. The van der Waals surface area contributed by atoms with Crippen molar-refractivity contribution in [3.8, 4) is 0 Å². The van der Waals surface area contributed by atoms with Crippen LogP contribution in [0.25, 0.3) is 0 Å². The van der Waals surface area contributed by atoms with Crippen LogP contribution >= 0.6 is 0 Å². The van der Waals surface area contributed by atoms with Gasteiger partial charge >= 0.3 is 0 Å². The Morgan fingerprint density at radius 3 is 2.84 bits per heavy atom. The van der Waals surface area contributed by atoms with E-state index in [4.69, 9.17) is 4.74 Å². The number of rotatable bonds is 4. The summed E-state index contributed by atoms with van der Waals surface area (Å²) in [6.45, 7) is 3.72. The van der Waals surface area contributed by atoms with Crippen LogP contribution in [0, 0.1) is 5.92 Å². The van der Waals surface area contributed by atoms with Gasteiger partial charge in [0.1, 0.15) is 0 Å². The van der Waals surface area contributed by atoms with Crippen LogP contribution in [0.5, 0.6) is 0 Å². The minimum Gasteiger partial charge on any atom is -0.379 e. The van der Waals surface area contributed by atoms with E-state index in [0.717, 1.165) is 13.0 Å². The third-order valence-electron chi connectivity index (χ3n) is 3.69. The average Bonchev–Trinajstić information content (AvgIpc) is 2.76. The Hall–Kier alpha value is -0.660. The average molecular weight is 290 g/mol. The van der Waals surface area contributed by atoms with Gasteiger partial charge in [-0.25, -0.2) is 8.42 Å². The number of hydrogen-bond acceptors (Lipinski definition) is 5. The van der Waals surface area contributed by atoms with Crippen molar-refractivity contribution >= 4 is 15.7 Å². The molecule has 6 nitrogen and oxygen atoms in total. The molecule has 2 saturated heterocycles. The highest BCUT2D eigenvalue weighted by Gasteiger charge is 2.35. The van der Waals surface area contributed by atoms with E-state index in [9.17, 15) is 13.2 Å². The van der Waals surface area contributed by atoms with Gasteiger partial charge in [-0.3, -0.25) is 4.79 Å². The third kappa shape index (κ3) is 3.90. The molecule has 2 fully saturated rings. The summed E-state index contributed by atoms with van der Waals surface area (Å²) in [6, 6.07) is -0.209. The predicted molar refractivity (Wildman–Crippen MR) is 71.6 cm³/mol. The van der Waals surface area contributed by atoms with Crippen LogP contribution in [0.2, 0.25) is 0 Å². The molecule has 7 heteroatoms. The monoisotopic (exact) mass is 290 g/mol. The molecule has 0 spiro atoms. The topological polar surface area (TPSA) is 84.5 Å². The van der Waals surface area contributed by atoms with Gasteiger partial charge in [0.2, 0.25) is 5.91 Å². The maximum Gasteiger partial charge on any atom is 0.227 e. The zero-order valence-corrected chi connectivity index (χ0v) is 12.0. The van der Waals surface area contributed by atoms with Crippen LogP contribution in [0.4, 0.5) is 0 Å². The van der Waals surface area contributed by atoms with Gasteiger partial charge in [0.25, 0.3) is 0 Å². The molecule has 2 heterocycles. The number of hydrogen-bond donors (Lipinski definition) is 2. The van der Waals surface area contributed by atoms with Crippen LogP contribution in [-0.4, -0.2) is 57.7 Å². The summed E-state index contributed by atoms with van der Waals surface area (Å²) < 4.78 is 28.4. The second-order valence-corrected chi connectivity index (χ2v) is 7.50. The fraction of sp³-hybridized carbons (Fsp3) is 0.917. The number of carbonyl (C=O) groups excluding carboxylic acids is 1. The summed E-state index contributed by atoms with van der Waals surface area (Å²) in [6.07, 6.45) is 1.37. The molecule has 0 aliphatic carbocycles. The summed E-state index contributed by atoms with van der Waals surface area (Å²) in [5, 5.41) is 6.09. The first kappa shape index (κ1) is 14.7. The second-order valence-electron chi connectivity index (χ2n) is 5.27. The SMILES string of the molecule is CCNC1COCC1C(=O)NC1CCCS(=O)(=O)C1. The first-order valence-corrected chi connectivity index (χ1v) is 8.66. The molecule has 2 aliphatic heterocycles. The van der Waals surface area contributed by atoms with Crippen LogP contribution in [-0.2, 0) is 19.4 Å². The molecule has 0 radical (unpaired) electrons. The highest BCUT2D eigenvalue weighted by Crippen LogP contribution is 2.16. The van der Waals surface area contributed by atoms with Crippen LogP contribution in [0.3, 0.4) is 0 Å². The lowest BCUT2D eigenvalue weighted by Gasteiger charge is -2.25. The number of sulfone groups is 1. The fourth-order valence-electron chi connectivity index (χ4n) is 2.72. The lowest BCUT2D eigenvalue weighted by atomic mass is 10.0. The van der Waals surface area contributed by atoms with E-state index in [0.29, 0.717) is 19.6 Å². The van der Waals surface area contributed by atoms with Crippen LogP contribution < -0.4 is 10.6 Å². The van der Waals surface area contributed by atoms with Gasteiger partial charge < -0.3 is 15.4 Å². The predicted octanol–water partition coefficient (Wildman–Crippen LogP) is -0.696. The highest BCUT2D eigenvalue weighted by atomic mass is 32.2. The largest absolute Gasteiger partial charge is 0.379 e. The van der Waals surface area contributed by atoms with Crippen LogP contribution in [0.1, 0.15) is 19.8 Å². The normalized spacial score (nSPS) is 34.1. The van der Waals surface area contributed by atoms with Crippen molar-refractivity contribution in [2.24, 2.45) is 5.92 Å². The van der Waals surface area contributed by atoms with Crippen molar-refractivity contribution < 1.29 is 17.9 Å². The van der Waals surface area contributed by atoms with E-state index in [1.165, 1.54) is 0 Å². The van der Waals surface area contributed by atoms with Gasteiger partial charge in [-0.15, -0.1) is 0 Å². The van der Waals surface area contributed by atoms with E-state index in [2.05, 4.69) is 10.6 Å². The molecule has 2 N–H and O–H groups in total. The highest BCUT2D eigenvalue weighted by molar-refractivity contribution is 7.91. The van der Waals surface area contributed by atoms with Crippen molar-refractivity contribution in [1.82, 2.24) is 10.6 Å². The lowest BCUT2D eigenvalue weighted by Crippen LogP contribution is -2.49. The molecule has 19 heavy (non-hydrogen) atoms. The number of carbonyl (C=O) groups is 1. The molecular weight excluding hydrogens is 268 g/mol. The Morgan fingerprint density at radius 1 is 1.37 bits per heavy atom. The van der Waals surface area contributed by atoms with Crippen molar-refractivity contribution in [2.45, 2.75) is 31.8 Å². The Labute approximate surface area is 114 Å². The summed E-state index contributed by atoms with van der Waals surface area (Å²) in [5.41, 5.74) is 0. The molecule has 0 saturated carbocycles. The first-order valence-electron chi connectivity index (χ1n) is 6.84. The minimum absolute atomic E-state index is 0.0326. The van der Waals surface area contributed by atoms with Gasteiger partial charge in [0.05, 0.1) is 30.6 Å². The summed E-state index contributed by atoms with van der Waals surface area (Å²) >= 11 is 0. The van der Waals surface area contributed by atoms with Gasteiger partial charge in [-0.1, -0.05) is 6.92 Å². The van der Waals surface area contributed by atoms with Gasteiger partial charge in [0, 0.05) is 12.1 Å². The van der Waals surface area contributed by atoms with E-state index < -0.39 is 9.84 Å². The molecule has 1 amide bonds. The Kier molecular flexibility index (Phi) is 4.81. The van der Waals surface area contributed by atoms with Crippen molar-refractivity contribution in [3.63, 3.8) is 0 Å². The number of ether oxygens (including phenoxy) is 1. The van der Waals surface area contributed by atoms with Gasteiger partial charge in [-0.2, -0.15) is 0 Å². The van der Waals surface area contributed by atoms with Gasteiger partial charge in [0.15, 0.2) is 9.84 Å². The number of nitrogens with one attached hydrogen (secondary N) is 2. The van der Waals surface area contributed by atoms with E-state index in [-0.39, 0.29) is 35.4 Å². The Morgan fingerprint density at radius 2 is 2.16 bits per heavy atom.